The first-order valence-electron chi connectivity index (χ1n) is 10.9. The predicted octanol–water partition coefficient (Wildman–Crippen LogP) is 5.05. The van der Waals surface area contributed by atoms with E-state index in [-0.39, 0.29) is 11.0 Å². The number of nitrogens with zero attached hydrogens (tertiary/aromatic N) is 2. The number of rotatable bonds is 5. The van der Waals surface area contributed by atoms with Crippen LogP contribution in [-0.2, 0) is 12.0 Å². The zero-order valence-electron chi connectivity index (χ0n) is 18.5. The van der Waals surface area contributed by atoms with Gasteiger partial charge in [0.15, 0.2) is 0 Å². The molecule has 0 atom stereocenters. The summed E-state index contributed by atoms with van der Waals surface area (Å²) in [7, 11) is 0. The highest BCUT2D eigenvalue weighted by Crippen LogP contribution is 2.38. The minimum absolute atomic E-state index is 0.0739. The number of anilines is 3. The number of fused-ring (bicyclic) bond motifs is 2. The van der Waals surface area contributed by atoms with Crippen LogP contribution >= 0.6 is 0 Å². The molecule has 0 fully saturated rings. The number of pyridine rings is 2. The quantitative estimate of drug-likeness (QED) is 0.345. The third-order valence-electron chi connectivity index (χ3n) is 6.17. The van der Waals surface area contributed by atoms with Crippen LogP contribution in [0.1, 0.15) is 41.8 Å². The van der Waals surface area contributed by atoms with E-state index in [2.05, 4.69) is 44.7 Å². The lowest BCUT2D eigenvalue weighted by Gasteiger charge is -2.33. The number of nitrogens with one attached hydrogen (secondary N) is 4. The van der Waals surface area contributed by atoms with Crippen molar-refractivity contribution in [3.63, 3.8) is 0 Å². The highest BCUT2D eigenvalue weighted by Gasteiger charge is 2.27. The third-order valence-corrected chi connectivity index (χ3v) is 6.17. The van der Waals surface area contributed by atoms with E-state index in [1.807, 2.05) is 36.5 Å². The second-order valence-corrected chi connectivity index (χ2v) is 8.89. The summed E-state index contributed by atoms with van der Waals surface area (Å²) in [6.45, 7) is 5.72. The highest BCUT2D eigenvalue weighted by atomic mass is 19.1. The van der Waals surface area contributed by atoms with Gasteiger partial charge in [-0.2, -0.15) is 0 Å². The average Bonchev–Trinajstić information content (AvgIpc) is 3.27. The summed E-state index contributed by atoms with van der Waals surface area (Å²) in [4.78, 5) is 24.6. The van der Waals surface area contributed by atoms with Crippen molar-refractivity contribution in [2.45, 2.75) is 32.2 Å². The standard InChI is InChI=1S/C25H25FN6O/c1-25(2)7-10-27-21-12-17(3-4-20(21)25)32-24(33)19-11-16(26)14-31-23(19)30-13-15-5-8-28-22-18(15)6-9-29-22/h3-6,8-9,11-12,14,27H,7,10,13H2,1-2H3,(H,28,29)(H,30,31)(H,32,33). The second kappa shape index (κ2) is 8.20. The Balaban J connectivity index is 1.37. The SMILES string of the molecule is CC1(C)CCNc2cc(NC(=O)c3cc(F)cnc3NCc3ccnc4[nH]ccc34)ccc21. The third kappa shape index (κ3) is 4.11. The molecule has 1 amide bonds. The molecule has 5 rings (SSSR count). The minimum Gasteiger partial charge on any atom is -0.385 e. The van der Waals surface area contributed by atoms with Gasteiger partial charge in [0.1, 0.15) is 17.3 Å². The lowest BCUT2D eigenvalue weighted by molar-refractivity contribution is 0.102. The maximum Gasteiger partial charge on any atom is 0.259 e. The van der Waals surface area contributed by atoms with Gasteiger partial charge in [0.2, 0.25) is 0 Å². The number of hydrogen-bond acceptors (Lipinski definition) is 5. The first-order valence-corrected chi connectivity index (χ1v) is 10.9. The molecule has 1 aliphatic heterocycles. The molecule has 3 aromatic heterocycles. The van der Waals surface area contributed by atoms with Crippen molar-refractivity contribution >= 4 is 34.1 Å². The Labute approximate surface area is 190 Å². The van der Waals surface area contributed by atoms with Crippen LogP contribution in [0.5, 0.6) is 0 Å². The molecular weight excluding hydrogens is 419 g/mol. The van der Waals surface area contributed by atoms with Gasteiger partial charge >= 0.3 is 0 Å². The van der Waals surface area contributed by atoms with E-state index in [1.54, 1.807) is 6.20 Å². The normalized spacial score (nSPS) is 14.4. The molecule has 4 N–H and O–H groups in total. The van der Waals surface area contributed by atoms with Crippen molar-refractivity contribution in [3.8, 4) is 0 Å². The number of amides is 1. The summed E-state index contributed by atoms with van der Waals surface area (Å²) in [5.74, 6) is -0.691. The minimum atomic E-state index is -0.573. The molecule has 0 saturated carbocycles. The molecule has 0 unspecified atom stereocenters. The van der Waals surface area contributed by atoms with Crippen LogP contribution in [0.4, 0.5) is 21.6 Å². The fraction of sp³-hybridized carbons (Fsp3) is 0.240. The molecule has 7 nitrogen and oxygen atoms in total. The molecule has 0 radical (unpaired) electrons. The number of benzene rings is 1. The van der Waals surface area contributed by atoms with Crippen molar-refractivity contribution in [3.05, 3.63) is 77.5 Å². The van der Waals surface area contributed by atoms with Gasteiger partial charge in [-0.05, 0) is 53.3 Å². The molecule has 4 heterocycles. The van der Waals surface area contributed by atoms with Crippen molar-refractivity contribution < 1.29 is 9.18 Å². The molecule has 0 spiro atoms. The van der Waals surface area contributed by atoms with Crippen LogP contribution in [0.15, 0.2) is 55.0 Å². The van der Waals surface area contributed by atoms with E-state index >= 15 is 0 Å². The van der Waals surface area contributed by atoms with Gasteiger partial charge in [-0.3, -0.25) is 4.79 Å². The van der Waals surface area contributed by atoms with E-state index in [0.717, 1.165) is 41.4 Å². The molecule has 1 aromatic carbocycles. The maximum atomic E-state index is 14.0. The maximum absolute atomic E-state index is 14.0. The molecule has 33 heavy (non-hydrogen) atoms. The first kappa shape index (κ1) is 20.9. The van der Waals surface area contributed by atoms with Gasteiger partial charge in [0, 0.05) is 42.2 Å². The zero-order chi connectivity index (χ0) is 23.0. The van der Waals surface area contributed by atoms with Crippen LogP contribution in [-0.4, -0.2) is 27.4 Å². The summed E-state index contributed by atoms with van der Waals surface area (Å²) >= 11 is 0. The van der Waals surface area contributed by atoms with Crippen LogP contribution in [0.3, 0.4) is 0 Å². The van der Waals surface area contributed by atoms with Crippen molar-refractivity contribution in [1.29, 1.82) is 0 Å². The van der Waals surface area contributed by atoms with Crippen molar-refractivity contribution in [1.82, 2.24) is 15.0 Å². The highest BCUT2D eigenvalue weighted by molar-refractivity contribution is 6.07. The largest absolute Gasteiger partial charge is 0.385 e. The van der Waals surface area contributed by atoms with E-state index in [9.17, 15) is 9.18 Å². The van der Waals surface area contributed by atoms with Crippen LogP contribution in [0.25, 0.3) is 11.0 Å². The number of carbonyl (C=O) groups excluding carboxylic acids is 1. The summed E-state index contributed by atoms with van der Waals surface area (Å²) in [5.41, 5.74) is 4.85. The fourth-order valence-corrected chi connectivity index (χ4v) is 4.31. The van der Waals surface area contributed by atoms with Gasteiger partial charge in [-0.1, -0.05) is 19.9 Å². The Kier molecular flexibility index (Phi) is 5.20. The van der Waals surface area contributed by atoms with Gasteiger partial charge in [0.05, 0.1) is 11.8 Å². The molecule has 0 saturated heterocycles. The first-order chi connectivity index (χ1) is 15.9. The Morgan fingerprint density at radius 3 is 2.94 bits per heavy atom. The van der Waals surface area contributed by atoms with Gasteiger partial charge in [-0.25, -0.2) is 14.4 Å². The predicted molar refractivity (Wildman–Crippen MR) is 128 cm³/mol. The van der Waals surface area contributed by atoms with Crippen LogP contribution < -0.4 is 16.0 Å². The monoisotopic (exact) mass is 444 g/mol. The molecule has 0 aliphatic carbocycles. The molecule has 0 bridgehead atoms. The van der Waals surface area contributed by atoms with Crippen LogP contribution in [0, 0.1) is 5.82 Å². The summed E-state index contributed by atoms with van der Waals surface area (Å²) in [6, 6.07) is 10.9. The van der Waals surface area contributed by atoms with Gasteiger partial charge in [0.25, 0.3) is 5.91 Å². The smallest absolute Gasteiger partial charge is 0.259 e. The molecule has 8 heteroatoms. The fourth-order valence-electron chi connectivity index (χ4n) is 4.31. The van der Waals surface area contributed by atoms with E-state index in [1.165, 1.54) is 11.6 Å². The number of hydrogen-bond donors (Lipinski definition) is 4. The molecule has 168 valence electrons. The van der Waals surface area contributed by atoms with Crippen molar-refractivity contribution in [2.24, 2.45) is 0 Å². The average molecular weight is 445 g/mol. The lowest BCUT2D eigenvalue weighted by Crippen LogP contribution is -2.28. The number of carbonyl (C=O) groups is 1. The molecule has 1 aliphatic rings. The van der Waals surface area contributed by atoms with E-state index in [0.29, 0.717) is 18.1 Å². The zero-order valence-corrected chi connectivity index (χ0v) is 18.5. The number of aromatic nitrogens is 3. The summed E-state index contributed by atoms with van der Waals surface area (Å²) < 4.78 is 14.0. The van der Waals surface area contributed by atoms with E-state index in [4.69, 9.17) is 0 Å². The van der Waals surface area contributed by atoms with E-state index < -0.39 is 11.7 Å². The topological polar surface area (TPSA) is 94.7 Å². The van der Waals surface area contributed by atoms with Gasteiger partial charge in [-0.15, -0.1) is 0 Å². The molecule has 4 aromatic rings. The lowest BCUT2D eigenvalue weighted by atomic mass is 9.78. The summed E-state index contributed by atoms with van der Waals surface area (Å²) in [6.07, 6.45) is 5.68. The number of halogens is 1. The summed E-state index contributed by atoms with van der Waals surface area (Å²) in [5, 5.41) is 10.4. The van der Waals surface area contributed by atoms with Crippen LogP contribution in [0.2, 0.25) is 0 Å². The number of aromatic amines is 1. The second-order valence-electron chi connectivity index (χ2n) is 8.89. The van der Waals surface area contributed by atoms with Gasteiger partial charge < -0.3 is 20.9 Å². The number of H-pyrrole nitrogens is 1. The Hall–Kier alpha value is -3.94. The Bertz CT molecular complexity index is 1350. The Morgan fingerprint density at radius 2 is 2.06 bits per heavy atom. The Morgan fingerprint density at radius 1 is 1.18 bits per heavy atom. The molecular formula is C25H25FN6O. The van der Waals surface area contributed by atoms with Crippen molar-refractivity contribution in [2.75, 3.05) is 22.5 Å².